The van der Waals surface area contributed by atoms with Crippen LogP contribution < -0.4 is 10.1 Å². The SMILES string of the molecule is COc1c(C)cnc(CC(CNC(C)C)C(C)(C)C)c1C. The molecule has 21 heavy (non-hydrogen) atoms. The highest BCUT2D eigenvalue weighted by molar-refractivity contribution is 5.41. The molecular weight excluding hydrogens is 260 g/mol. The summed E-state index contributed by atoms with van der Waals surface area (Å²) in [6.07, 6.45) is 2.91. The Hall–Kier alpha value is -1.09. The van der Waals surface area contributed by atoms with Crippen LogP contribution in [0.4, 0.5) is 0 Å². The van der Waals surface area contributed by atoms with Crippen LogP contribution in [0.2, 0.25) is 0 Å². The minimum Gasteiger partial charge on any atom is -0.496 e. The average Bonchev–Trinajstić information content (AvgIpc) is 2.35. The smallest absolute Gasteiger partial charge is 0.128 e. The molecule has 0 saturated heterocycles. The van der Waals surface area contributed by atoms with E-state index in [1.54, 1.807) is 7.11 Å². The Morgan fingerprint density at radius 2 is 1.86 bits per heavy atom. The molecule has 0 aliphatic rings. The number of methoxy groups -OCH3 is 1. The van der Waals surface area contributed by atoms with Gasteiger partial charge in [0.05, 0.1) is 7.11 Å². The van der Waals surface area contributed by atoms with Crippen LogP contribution in [0.15, 0.2) is 6.20 Å². The number of ether oxygens (including phenoxy) is 1. The number of hydrogen-bond acceptors (Lipinski definition) is 3. The van der Waals surface area contributed by atoms with Gasteiger partial charge in [-0.2, -0.15) is 0 Å². The van der Waals surface area contributed by atoms with Crippen molar-refractivity contribution in [2.24, 2.45) is 11.3 Å². The number of aromatic nitrogens is 1. The molecule has 1 N–H and O–H groups in total. The fourth-order valence-electron chi connectivity index (χ4n) is 2.57. The highest BCUT2D eigenvalue weighted by atomic mass is 16.5. The van der Waals surface area contributed by atoms with Gasteiger partial charge in [0.25, 0.3) is 0 Å². The number of rotatable bonds is 6. The average molecular weight is 292 g/mol. The Kier molecular flexibility index (Phi) is 6.21. The second-order valence-electron chi connectivity index (χ2n) is 7.38. The van der Waals surface area contributed by atoms with Crippen LogP contribution in [0.3, 0.4) is 0 Å². The zero-order chi connectivity index (χ0) is 16.2. The van der Waals surface area contributed by atoms with E-state index < -0.39 is 0 Å². The van der Waals surface area contributed by atoms with Gasteiger partial charge < -0.3 is 10.1 Å². The number of pyridine rings is 1. The van der Waals surface area contributed by atoms with E-state index in [2.05, 4.69) is 51.8 Å². The quantitative estimate of drug-likeness (QED) is 0.863. The first kappa shape index (κ1) is 18.0. The van der Waals surface area contributed by atoms with Crippen LogP contribution in [-0.4, -0.2) is 24.7 Å². The van der Waals surface area contributed by atoms with Gasteiger partial charge in [-0.3, -0.25) is 4.98 Å². The van der Waals surface area contributed by atoms with E-state index in [9.17, 15) is 0 Å². The van der Waals surface area contributed by atoms with Crippen molar-refractivity contribution in [3.8, 4) is 5.75 Å². The molecule has 0 aliphatic heterocycles. The highest BCUT2D eigenvalue weighted by Crippen LogP contribution is 2.31. The number of nitrogens with one attached hydrogen (secondary N) is 1. The first-order valence-corrected chi connectivity index (χ1v) is 7.89. The molecule has 0 fully saturated rings. The zero-order valence-corrected chi connectivity index (χ0v) is 15.0. The van der Waals surface area contributed by atoms with Crippen LogP contribution >= 0.6 is 0 Å². The van der Waals surface area contributed by atoms with Crippen molar-refractivity contribution < 1.29 is 4.74 Å². The van der Waals surface area contributed by atoms with Crippen molar-refractivity contribution in [2.75, 3.05) is 13.7 Å². The molecule has 1 rings (SSSR count). The fourth-order valence-corrected chi connectivity index (χ4v) is 2.57. The molecule has 1 aromatic heterocycles. The fraction of sp³-hybridized carbons (Fsp3) is 0.722. The minimum absolute atomic E-state index is 0.244. The van der Waals surface area contributed by atoms with Gasteiger partial charge >= 0.3 is 0 Å². The van der Waals surface area contributed by atoms with Crippen molar-refractivity contribution in [3.63, 3.8) is 0 Å². The zero-order valence-electron chi connectivity index (χ0n) is 15.0. The van der Waals surface area contributed by atoms with Gasteiger partial charge in [0.1, 0.15) is 5.75 Å². The van der Waals surface area contributed by atoms with E-state index in [4.69, 9.17) is 4.74 Å². The van der Waals surface area contributed by atoms with Gasteiger partial charge in [-0.05, 0) is 38.1 Å². The number of aryl methyl sites for hydroxylation is 1. The van der Waals surface area contributed by atoms with E-state index in [0.29, 0.717) is 12.0 Å². The molecule has 0 spiro atoms. The lowest BCUT2D eigenvalue weighted by atomic mass is 9.77. The van der Waals surface area contributed by atoms with Crippen molar-refractivity contribution in [2.45, 2.75) is 60.9 Å². The lowest BCUT2D eigenvalue weighted by molar-refractivity contribution is 0.224. The Morgan fingerprint density at radius 3 is 2.33 bits per heavy atom. The summed E-state index contributed by atoms with van der Waals surface area (Å²) in [5.41, 5.74) is 3.68. The summed E-state index contributed by atoms with van der Waals surface area (Å²) < 4.78 is 5.53. The topological polar surface area (TPSA) is 34.1 Å². The molecule has 0 aliphatic carbocycles. The summed E-state index contributed by atoms with van der Waals surface area (Å²) in [6, 6.07) is 0.511. The monoisotopic (exact) mass is 292 g/mol. The van der Waals surface area contributed by atoms with Gasteiger partial charge in [0.15, 0.2) is 0 Å². The van der Waals surface area contributed by atoms with Crippen LogP contribution in [0.1, 0.15) is 51.4 Å². The predicted molar refractivity (Wildman–Crippen MR) is 90.1 cm³/mol. The summed E-state index contributed by atoms with van der Waals surface area (Å²) in [5.74, 6) is 1.52. The molecule has 0 aromatic carbocycles. The van der Waals surface area contributed by atoms with Crippen molar-refractivity contribution in [3.05, 3.63) is 23.0 Å². The van der Waals surface area contributed by atoms with Crippen LogP contribution in [0, 0.1) is 25.2 Å². The van der Waals surface area contributed by atoms with E-state index in [1.165, 1.54) is 5.56 Å². The number of hydrogen-bond donors (Lipinski definition) is 1. The molecule has 0 bridgehead atoms. The van der Waals surface area contributed by atoms with E-state index in [-0.39, 0.29) is 5.41 Å². The second kappa shape index (κ2) is 7.26. The highest BCUT2D eigenvalue weighted by Gasteiger charge is 2.26. The Labute approximate surface area is 130 Å². The molecule has 1 heterocycles. The first-order chi connectivity index (χ1) is 9.66. The molecule has 1 unspecified atom stereocenters. The summed E-state index contributed by atoms with van der Waals surface area (Å²) in [6.45, 7) is 16.5. The second-order valence-corrected chi connectivity index (χ2v) is 7.38. The summed E-state index contributed by atoms with van der Waals surface area (Å²) in [4.78, 5) is 4.66. The van der Waals surface area contributed by atoms with Gasteiger partial charge in [-0.15, -0.1) is 0 Å². The molecular formula is C18H32N2O. The largest absolute Gasteiger partial charge is 0.496 e. The van der Waals surface area contributed by atoms with E-state index in [0.717, 1.165) is 30.0 Å². The van der Waals surface area contributed by atoms with Crippen molar-refractivity contribution in [1.82, 2.24) is 10.3 Å². The Bertz CT molecular complexity index is 461. The Balaban J connectivity index is 2.98. The normalized spacial score (nSPS) is 13.6. The van der Waals surface area contributed by atoms with Crippen LogP contribution in [-0.2, 0) is 6.42 Å². The van der Waals surface area contributed by atoms with E-state index >= 15 is 0 Å². The maximum absolute atomic E-state index is 5.53. The maximum Gasteiger partial charge on any atom is 0.128 e. The molecule has 3 nitrogen and oxygen atoms in total. The first-order valence-electron chi connectivity index (χ1n) is 7.89. The van der Waals surface area contributed by atoms with Gasteiger partial charge in [-0.1, -0.05) is 34.6 Å². The lowest BCUT2D eigenvalue weighted by Crippen LogP contribution is -2.36. The lowest BCUT2D eigenvalue weighted by Gasteiger charge is -2.32. The van der Waals surface area contributed by atoms with Gasteiger partial charge in [0.2, 0.25) is 0 Å². The minimum atomic E-state index is 0.244. The Morgan fingerprint density at radius 1 is 1.24 bits per heavy atom. The standard InChI is InChI=1S/C18H32N2O/c1-12(2)19-11-15(18(5,6)7)9-16-14(4)17(21-8)13(3)10-20-16/h10,12,15,19H,9,11H2,1-8H3. The summed E-state index contributed by atoms with van der Waals surface area (Å²) in [7, 11) is 1.74. The third-order valence-electron chi connectivity index (χ3n) is 4.19. The molecule has 1 atom stereocenters. The van der Waals surface area contributed by atoms with Crippen molar-refractivity contribution in [1.29, 1.82) is 0 Å². The number of nitrogens with zero attached hydrogens (tertiary/aromatic N) is 1. The summed E-state index contributed by atoms with van der Waals surface area (Å²) in [5, 5.41) is 3.57. The molecule has 3 heteroatoms. The molecule has 0 radical (unpaired) electrons. The van der Waals surface area contributed by atoms with Gasteiger partial charge in [-0.25, -0.2) is 0 Å². The maximum atomic E-state index is 5.53. The van der Waals surface area contributed by atoms with Crippen LogP contribution in [0.25, 0.3) is 0 Å². The third kappa shape index (κ3) is 4.99. The molecule has 0 amide bonds. The van der Waals surface area contributed by atoms with Gasteiger partial charge in [0, 0.05) is 29.1 Å². The predicted octanol–water partition coefficient (Wildman–Crippen LogP) is 3.91. The summed E-state index contributed by atoms with van der Waals surface area (Å²) >= 11 is 0. The van der Waals surface area contributed by atoms with Crippen LogP contribution in [0.5, 0.6) is 5.75 Å². The molecule has 1 aromatic rings. The third-order valence-corrected chi connectivity index (χ3v) is 4.19. The molecule has 0 saturated carbocycles. The van der Waals surface area contributed by atoms with E-state index in [1.807, 2.05) is 13.1 Å². The molecule has 120 valence electrons. The van der Waals surface area contributed by atoms with Crippen molar-refractivity contribution >= 4 is 0 Å².